The summed E-state index contributed by atoms with van der Waals surface area (Å²) in [6.45, 7) is 2.74. The molecule has 0 atom stereocenters. The summed E-state index contributed by atoms with van der Waals surface area (Å²) in [5.41, 5.74) is 10.7. The molecule has 3 rings (SSSR count). The Bertz CT molecular complexity index is 506. The number of benzene rings is 1. The van der Waals surface area contributed by atoms with Gasteiger partial charge in [0.2, 0.25) is 0 Å². The summed E-state index contributed by atoms with van der Waals surface area (Å²) in [4.78, 5) is 0. The third kappa shape index (κ3) is 1.59. The molecule has 2 nitrogen and oxygen atoms in total. The van der Waals surface area contributed by atoms with Gasteiger partial charge >= 0.3 is 0 Å². The number of fused-ring (bicyclic) bond motifs is 1. The van der Waals surface area contributed by atoms with Crippen molar-refractivity contribution >= 4 is 11.6 Å². The van der Waals surface area contributed by atoms with E-state index in [0.29, 0.717) is 17.3 Å². The van der Waals surface area contributed by atoms with E-state index in [4.69, 9.17) is 17.3 Å². The monoisotopic (exact) mass is 265 g/mol. The quantitative estimate of drug-likeness (QED) is 0.862. The molecule has 0 radical (unpaired) electrons. The molecule has 1 saturated carbocycles. The van der Waals surface area contributed by atoms with Crippen LogP contribution in [0, 0.1) is 6.92 Å². The maximum absolute atomic E-state index is 10.5. The number of nitrogens with two attached hydrogens (primary N) is 1. The Balaban J connectivity index is 2.24. The largest absolute Gasteiger partial charge is 0.506 e. The number of aromatic hydroxyl groups is 1. The van der Waals surface area contributed by atoms with Gasteiger partial charge in [0.25, 0.3) is 0 Å². The molecule has 0 aliphatic heterocycles. The lowest BCUT2D eigenvalue weighted by atomic mass is 9.81. The fourth-order valence-electron chi connectivity index (χ4n) is 3.50. The first-order chi connectivity index (χ1) is 8.60. The van der Waals surface area contributed by atoms with Crippen LogP contribution in [0.5, 0.6) is 5.75 Å². The van der Waals surface area contributed by atoms with E-state index in [1.54, 1.807) is 0 Å². The molecule has 0 spiro atoms. The molecule has 1 aromatic rings. The van der Waals surface area contributed by atoms with Gasteiger partial charge in [0.15, 0.2) is 0 Å². The van der Waals surface area contributed by atoms with Crippen molar-refractivity contribution in [1.82, 2.24) is 0 Å². The van der Waals surface area contributed by atoms with Gasteiger partial charge in [-0.05, 0) is 62.1 Å². The van der Waals surface area contributed by atoms with E-state index < -0.39 is 0 Å². The standard InChI is InChI=1S/C15H20ClNO/c1-9-10-4-2-3-5-11(10)13(16)14(18)12(9)15(8-17)6-7-15/h18H,2-8,17H2,1H3. The van der Waals surface area contributed by atoms with Crippen LogP contribution >= 0.6 is 11.6 Å². The lowest BCUT2D eigenvalue weighted by Crippen LogP contribution is -2.22. The van der Waals surface area contributed by atoms with Crippen LogP contribution in [-0.4, -0.2) is 11.7 Å². The highest BCUT2D eigenvalue weighted by Gasteiger charge is 2.47. The van der Waals surface area contributed by atoms with Crippen LogP contribution in [0.4, 0.5) is 0 Å². The average molecular weight is 266 g/mol. The minimum absolute atomic E-state index is 0.00425. The van der Waals surface area contributed by atoms with Gasteiger partial charge in [-0.25, -0.2) is 0 Å². The number of phenols is 1. The first-order valence-electron chi connectivity index (χ1n) is 6.84. The van der Waals surface area contributed by atoms with Gasteiger partial charge in [0.05, 0.1) is 5.02 Å². The summed E-state index contributed by atoms with van der Waals surface area (Å²) in [6.07, 6.45) is 6.64. The van der Waals surface area contributed by atoms with Gasteiger partial charge in [-0.1, -0.05) is 11.6 Å². The Labute approximate surface area is 113 Å². The van der Waals surface area contributed by atoms with Gasteiger partial charge in [-0.15, -0.1) is 0 Å². The molecule has 18 heavy (non-hydrogen) atoms. The number of hydrogen-bond donors (Lipinski definition) is 2. The molecule has 1 fully saturated rings. The Morgan fingerprint density at radius 2 is 1.83 bits per heavy atom. The van der Waals surface area contributed by atoms with E-state index in [1.807, 2.05) is 0 Å². The normalized spacial score (nSPS) is 20.6. The summed E-state index contributed by atoms with van der Waals surface area (Å²) >= 11 is 6.39. The topological polar surface area (TPSA) is 46.2 Å². The van der Waals surface area contributed by atoms with E-state index >= 15 is 0 Å². The van der Waals surface area contributed by atoms with Crippen molar-refractivity contribution in [3.05, 3.63) is 27.3 Å². The zero-order valence-corrected chi connectivity index (χ0v) is 11.6. The maximum atomic E-state index is 10.5. The second-order valence-electron chi connectivity index (χ2n) is 5.81. The van der Waals surface area contributed by atoms with Crippen molar-refractivity contribution in [2.75, 3.05) is 6.54 Å². The molecule has 0 aromatic heterocycles. The SMILES string of the molecule is Cc1c2c(c(Cl)c(O)c1C1(CN)CC1)CCCC2. The summed E-state index contributed by atoms with van der Waals surface area (Å²) in [5.74, 6) is 0.303. The average Bonchev–Trinajstić information content (AvgIpc) is 3.17. The summed E-state index contributed by atoms with van der Waals surface area (Å²) in [5, 5.41) is 11.0. The Kier molecular flexibility index (Phi) is 2.83. The summed E-state index contributed by atoms with van der Waals surface area (Å²) in [6, 6.07) is 0. The van der Waals surface area contributed by atoms with Gasteiger partial charge in [0, 0.05) is 17.5 Å². The zero-order valence-electron chi connectivity index (χ0n) is 10.9. The number of halogens is 1. The van der Waals surface area contributed by atoms with Crippen LogP contribution in [0.2, 0.25) is 5.02 Å². The smallest absolute Gasteiger partial charge is 0.138 e. The van der Waals surface area contributed by atoms with Crippen LogP contribution in [0.25, 0.3) is 0 Å². The summed E-state index contributed by atoms with van der Waals surface area (Å²) in [7, 11) is 0. The lowest BCUT2D eigenvalue weighted by Gasteiger charge is -2.26. The van der Waals surface area contributed by atoms with E-state index in [2.05, 4.69) is 6.92 Å². The molecule has 2 aliphatic rings. The Hall–Kier alpha value is -0.730. The van der Waals surface area contributed by atoms with Crippen LogP contribution in [0.3, 0.4) is 0 Å². The van der Waals surface area contributed by atoms with Gasteiger partial charge in [0.1, 0.15) is 5.75 Å². The molecule has 0 amide bonds. The van der Waals surface area contributed by atoms with Crippen LogP contribution < -0.4 is 5.73 Å². The van der Waals surface area contributed by atoms with Crippen LogP contribution in [-0.2, 0) is 18.3 Å². The van der Waals surface area contributed by atoms with Crippen molar-refractivity contribution < 1.29 is 5.11 Å². The van der Waals surface area contributed by atoms with Gasteiger partial charge in [-0.3, -0.25) is 0 Å². The highest BCUT2D eigenvalue weighted by Crippen LogP contribution is 2.55. The highest BCUT2D eigenvalue weighted by atomic mass is 35.5. The van der Waals surface area contributed by atoms with Crippen molar-refractivity contribution in [2.24, 2.45) is 5.73 Å². The first-order valence-corrected chi connectivity index (χ1v) is 7.22. The first kappa shape index (κ1) is 12.3. The molecular weight excluding hydrogens is 246 g/mol. The zero-order chi connectivity index (χ0) is 12.9. The maximum Gasteiger partial charge on any atom is 0.138 e. The van der Waals surface area contributed by atoms with E-state index in [-0.39, 0.29) is 5.41 Å². The molecular formula is C15H20ClNO. The summed E-state index contributed by atoms with van der Waals surface area (Å²) < 4.78 is 0. The lowest BCUT2D eigenvalue weighted by molar-refractivity contribution is 0.455. The van der Waals surface area contributed by atoms with E-state index in [0.717, 1.165) is 31.2 Å². The van der Waals surface area contributed by atoms with E-state index in [1.165, 1.54) is 29.5 Å². The van der Waals surface area contributed by atoms with Crippen molar-refractivity contribution in [2.45, 2.75) is 50.9 Å². The fraction of sp³-hybridized carbons (Fsp3) is 0.600. The molecule has 98 valence electrons. The second kappa shape index (κ2) is 4.14. The number of rotatable bonds is 2. The Morgan fingerprint density at radius 3 is 2.39 bits per heavy atom. The fourth-order valence-corrected chi connectivity index (χ4v) is 3.80. The molecule has 3 N–H and O–H groups in total. The minimum atomic E-state index is 0.00425. The minimum Gasteiger partial charge on any atom is -0.506 e. The molecule has 0 saturated heterocycles. The van der Waals surface area contributed by atoms with Gasteiger partial charge < -0.3 is 10.8 Å². The number of hydrogen-bond acceptors (Lipinski definition) is 2. The molecule has 0 heterocycles. The molecule has 1 aromatic carbocycles. The van der Waals surface area contributed by atoms with E-state index in [9.17, 15) is 5.11 Å². The van der Waals surface area contributed by atoms with Crippen molar-refractivity contribution in [3.8, 4) is 5.75 Å². The van der Waals surface area contributed by atoms with Crippen LogP contribution in [0.1, 0.15) is 47.9 Å². The molecule has 0 bridgehead atoms. The predicted molar refractivity (Wildman–Crippen MR) is 74.5 cm³/mol. The third-order valence-electron chi connectivity index (χ3n) is 4.78. The molecule has 3 heteroatoms. The van der Waals surface area contributed by atoms with Gasteiger partial charge in [-0.2, -0.15) is 0 Å². The molecule has 0 unspecified atom stereocenters. The third-order valence-corrected chi connectivity index (χ3v) is 5.19. The van der Waals surface area contributed by atoms with Crippen molar-refractivity contribution in [3.63, 3.8) is 0 Å². The highest BCUT2D eigenvalue weighted by molar-refractivity contribution is 6.33. The Morgan fingerprint density at radius 1 is 1.22 bits per heavy atom. The predicted octanol–water partition coefficient (Wildman–Crippen LogP) is 3.22. The van der Waals surface area contributed by atoms with Crippen LogP contribution in [0.15, 0.2) is 0 Å². The second-order valence-corrected chi connectivity index (χ2v) is 6.19. The van der Waals surface area contributed by atoms with Crippen molar-refractivity contribution in [1.29, 1.82) is 0 Å². The molecule has 2 aliphatic carbocycles. The number of phenolic OH excluding ortho intramolecular Hbond substituents is 1.